The van der Waals surface area contributed by atoms with Gasteiger partial charge in [-0.25, -0.2) is 8.78 Å². The zero-order valence-corrected chi connectivity index (χ0v) is 10.9. The second kappa shape index (κ2) is 6.58. The van der Waals surface area contributed by atoms with E-state index in [9.17, 15) is 13.6 Å². The van der Waals surface area contributed by atoms with Crippen LogP contribution < -0.4 is 5.32 Å². The number of rotatable bonds is 6. The van der Waals surface area contributed by atoms with Crippen molar-refractivity contribution in [2.24, 2.45) is 0 Å². The van der Waals surface area contributed by atoms with E-state index in [0.29, 0.717) is 0 Å². The highest BCUT2D eigenvalue weighted by molar-refractivity contribution is 5.95. The predicted molar refractivity (Wildman–Crippen MR) is 65.8 cm³/mol. The van der Waals surface area contributed by atoms with Gasteiger partial charge in [-0.2, -0.15) is 0 Å². The zero-order chi connectivity index (χ0) is 14.5. The van der Waals surface area contributed by atoms with Gasteiger partial charge in [-0.3, -0.25) is 4.79 Å². The maximum Gasteiger partial charge on any atom is 0.254 e. The van der Waals surface area contributed by atoms with E-state index in [1.54, 1.807) is 6.92 Å². The molecule has 0 aliphatic rings. The smallest absolute Gasteiger partial charge is 0.254 e. The van der Waals surface area contributed by atoms with E-state index in [1.165, 1.54) is 7.11 Å². The molecule has 0 fully saturated rings. The minimum atomic E-state index is -0.848. The third-order valence-electron chi connectivity index (χ3n) is 2.71. The highest BCUT2D eigenvalue weighted by atomic mass is 19.1. The number of benzene rings is 1. The molecule has 1 unspecified atom stereocenters. The molecule has 1 rings (SSSR count). The van der Waals surface area contributed by atoms with E-state index in [-0.39, 0.29) is 25.2 Å². The number of hydrogen-bond donors (Lipinski definition) is 2. The van der Waals surface area contributed by atoms with E-state index < -0.39 is 23.1 Å². The first-order valence-electron chi connectivity index (χ1n) is 5.79. The highest BCUT2D eigenvalue weighted by Crippen LogP contribution is 2.14. The number of halogens is 2. The lowest BCUT2D eigenvalue weighted by molar-refractivity contribution is 0.0722. The van der Waals surface area contributed by atoms with Crippen molar-refractivity contribution < 1.29 is 23.4 Å². The van der Waals surface area contributed by atoms with Crippen LogP contribution in [0.5, 0.6) is 0 Å². The summed E-state index contributed by atoms with van der Waals surface area (Å²) >= 11 is 0. The molecule has 1 aromatic rings. The van der Waals surface area contributed by atoms with Crippen LogP contribution in [0.1, 0.15) is 23.7 Å². The predicted octanol–water partition coefficient (Wildman–Crippen LogP) is 1.48. The molecule has 2 N–H and O–H groups in total. The van der Waals surface area contributed by atoms with E-state index in [1.807, 2.05) is 0 Å². The van der Waals surface area contributed by atoms with Gasteiger partial charge in [0.05, 0.1) is 17.7 Å². The van der Waals surface area contributed by atoms with Crippen LogP contribution in [0.3, 0.4) is 0 Å². The molecule has 0 heterocycles. The van der Waals surface area contributed by atoms with E-state index in [2.05, 4.69) is 5.32 Å². The van der Waals surface area contributed by atoms with Gasteiger partial charge in [-0.15, -0.1) is 0 Å². The zero-order valence-electron chi connectivity index (χ0n) is 10.9. The van der Waals surface area contributed by atoms with Gasteiger partial charge in [-0.1, -0.05) is 0 Å². The van der Waals surface area contributed by atoms with Crippen LogP contribution in [-0.4, -0.2) is 36.9 Å². The average Bonchev–Trinajstić information content (AvgIpc) is 2.32. The standard InChI is InChI=1S/C13H17F2NO3/c1-13(5-6-17,8-19-2)16-12(18)10-7-9(14)3-4-11(10)15/h3-4,7,17H,5-6,8H2,1-2H3,(H,16,18). The Balaban J connectivity index is 2.90. The van der Waals surface area contributed by atoms with Crippen molar-refractivity contribution in [3.05, 3.63) is 35.4 Å². The summed E-state index contributed by atoms with van der Waals surface area (Å²) in [6.07, 6.45) is 0.240. The van der Waals surface area contributed by atoms with Crippen LogP contribution in [-0.2, 0) is 4.74 Å². The summed E-state index contributed by atoms with van der Waals surface area (Å²) in [5.74, 6) is -2.24. The first-order valence-corrected chi connectivity index (χ1v) is 5.79. The number of hydrogen-bond acceptors (Lipinski definition) is 3. The lowest BCUT2D eigenvalue weighted by Crippen LogP contribution is -2.50. The first-order chi connectivity index (χ1) is 8.91. The monoisotopic (exact) mass is 273 g/mol. The van der Waals surface area contributed by atoms with Crippen molar-refractivity contribution in [2.45, 2.75) is 18.9 Å². The van der Waals surface area contributed by atoms with Crippen LogP contribution >= 0.6 is 0 Å². The fraction of sp³-hybridized carbons (Fsp3) is 0.462. The Labute approximate surface area is 110 Å². The molecule has 0 radical (unpaired) electrons. The number of nitrogens with one attached hydrogen (secondary N) is 1. The lowest BCUT2D eigenvalue weighted by Gasteiger charge is -2.29. The summed E-state index contributed by atoms with van der Waals surface area (Å²) < 4.78 is 31.4. The second-order valence-electron chi connectivity index (χ2n) is 4.55. The second-order valence-corrected chi connectivity index (χ2v) is 4.55. The molecular formula is C13H17F2NO3. The van der Waals surface area contributed by atoms with Crippen molar-refractivity contribution in [2.75, 3.05) is 20.3 Å². The third kappa shape index (κ3) is 4.25. The molecule has 1 amide bonds. The molecule has 1 aromatic carbocycles. The molecule has 0 spiro atoms. The summed E-state index contributed by atoms with van der Waals surface area (Å²) in [6.45, 7) is 1.64. The molecule has 106 valence electrons. The highest BCUT2D eigenvalue weighted by Gasteiger charge is 2.27. The van der Waals surface area contributed by atoms with E-state index in [4.69, 9.17) is 9.84 Å². The minimum absolute atomic E-state index is 0.149. The number of aliphatic hydroxyl groups excluding tert-OH is 1. The third-order valence-corrected chi connectivity index (χ3v) is 2.71. The van der Waals surface area contributed by atoms with E-state index >= 15 is 0 Å². The molecule has 0 aliphatic carbocycles. The molecule has 0 aliphatic heterocycles. The Kier molecular flexibility index (Phi) is 5.38. The van der Waals surface area contributed by atoms with Gasteiger partial charge in [0.15, 0.2) is 0 Å². The molecule has 4 nitrogen and oxygen atoms in total. The van der Waals surface area contributed by atoms with Crippen LogP contribution in [0.2, 0.25) is 0 Å². The molecule has 0 saturated carbocycles. The van der Waals surface area contributed by atoms with Crippen LogP contribution in [0, 0.1) is 11.6 Å². The number of ether oxygens (including phenoxy) is 1. The maximum atomic E-state index is 13.5. The Hall–Kier alpha value is -1.53. The summed E-state index contributed by atoms with van der Waals surface area (Å²) in [4.78, 5) is 11.9. The normalized spacial score (nSPS) is 13.9. The Morgan fingerprint density at radius 3 is 2.74 bits per heavy atom. The van der Waals surface area contributed by atoms with Crippen molar-refractivity contribution >= 4 is 5.91 Å². The SMILES string of the molecule is COCC(C)(CCO)NC(=O)c1cc(F)ccc1F. The number of carbonyl (C=O) groups excluding carboxylic acids is 1. The van der Waals surface area contributed by atoms with Crippen molar-refractivity contribution in [1.82, 2.24) is 5.32 Å². The van der Waals surface area contributed by atoms with Gasteiger partial charge < -0.3 is 15.2 Å². The van der Waals surface area contributed by atoms with Crippen LogP contribution in [0.4, 0.5) is 8.78 Å². The molecular weight excluding hydrogens is 256 g/mol. The first kappa shape index (κ1) is 15.5. The topological polar surface area (TPSA) is 58.6 Å². The summed E-state index contributed by atoms with van der Waals surface area (Å²) in [7, 11) is 1.45. The fourth-order valence-corrected chi connectivity index (χ4v) is 1.75. The van der Waals surface area contributed by atoms with Gasteiger partial charge in [0.1, 0.15) is 11.6 Å². The van der Waals surface area contributed by atoms with Gasteiger partial charge in [-0.05, 0) is 31.5 Å². The molecule has 1 atom stereocenters. The summed E-state index contributed by atoms with van der Waals surface area (Å²) in [5.41, 5.74) is -1.22. The fourth-order valence-electron chi connectivity index (χ4n) is 1.75. The lowest BCUT2D eigenvalue weighted by atomic mass is 9.98. The van der Waals surface area contributed by atoms with Gasteiger partial charge in [0, 0.05) is 13.7 Å². The molecule has 6 heteroatoms. The van der Waals surface area contributed by atoms with Crippen molar-refractivity contribution in [3.8, 4) is 0 Å². The Morgan fingerprint density at radius 2 is 2.16 bits per heavy atom. The number of carbonyl (C=O) groups is 1. The number of methoxy groups -OCH3 is 1. The van der Waals surface area contributed by atoms with Crippen molar-refractivity contribution in [1.29, 1.82) is 0 Å². The van der Waals surface area contributed by atoms with Crippen LogP contribution in [0.15, 0.2) is 18.2 Å². The van der Waals surface area contributed by atoms with Crippen LogP contribution in [0.25, 0.3) is 0 Å². The molecule has 0 aromatic heterocycles. The molecule has 0 bridgehead atoms. The minimum Gasteiger partial charge on any atom is -0.396 e. The quantitative estimate of drug-likeness (QED) is 0.825. The van der Waals surface area contributed by atoms with Gasteiger partial charge in [0.25, 0.3) is 5.91 Å². The Morgan fingerprint density at radius 1 is 1.47 bits per heavy atom. The van der Waals surface area contributed by atoms with Gasteiger partial charge in [0.2, 0.25) is 0 Å². The van der Waals surface area contributed by atoms with E-state index in [0.717, 1.165) is 18.2 Å². The molecule has 0 saturated heterocycles. The van der Waals surface area contributed by atoms with Gasteiger partial charge >= 0.3 is 0 Å². The number of amides is 1. The van der Waals surface area contributed by atoms with Crippen molar-refractivity contribution in [3.63, 3.8) is 0 Å². The summed E-state index contributed by atoms with van der Waals surface area (Å²) in [5, 5.41) is 11.5. The average molecular weight is 273 g/mol. The largest absolute Gasteiger partial charge is 0.396 e. The molecule has 19 heavy (non-hydrogen) atoms. The maximum absolute atomic E-state index is 13.5. The summed E-state index contributed by atoms with van der Waals surface area (Å²) in [6, 6.07) is 2.66. The number of aliphatic hydroxyl groups is 1. The Bertz CT molecular complexity index is 446.